The van der Waals surface area contributed by atoms with E-state index in [4.69, 9.17) is 19.3 Å². The van der Waals surface area contributed by atoms with Crippen molar-refractivity contribution in [1.29, 1.82) is 0 Å². The van der Waals surface area contributed by atoms with Crippen LogP contribution in [-0.4, -0.2) is 49.6 Å². The normalized spacial score (nSPS) is 15.4. The molecule has 1 aliphatic rings. The van der Waals surface area contributed by atoms with Gasteiger partial charge in [-0.3, -0.25) is 4.79 Å². The molecule has 0 bridgehead atoms. The molecule has 38 heavy (non-hydrogen) atoms. The standard InChI is InChI=1S/C29H33NO7S/c1-2-8-22-21-25(37-24-9-4-3-5-10-24)13-16-28(22)36-20-7-6-19-35-23-11-14-26(15-12-23)38(33,34)30-18-17-27(30)29(31)32/h3-5,9-16,21,27H,2,6-8,17-20H2,1H3,(H,31,32)/t27-/m1/s1. The van der Waals surface area contributed by atoms with Crippen LogP contribution in [0, 0.1) is 0 Å². The third-order valence-corrected chi connectivity index (χ3v) is 8.20. The summed E-state index contributed by atoms with van der Waals surface area (Å²) in [6.07, 6.45) is 3.79. The molecule has 9 heteroatoms. The predicted octanol–water partition coefficient (Wildman–Crippen LogP) is 5.52. The van der Waals surface area contributed by atoms with E-state index in [9.17, 15) is 13.2 Å². The summed E-state index contributed by atoms with van der Waals surface area (Å²) in [6, 6.07) is 20.7. The zero-order chi connectivity index (χ0) is 27.0. The number of rotatable bonds is 14. The lowest BCUT2D eigenvalue weighted by atomic mass is 10.1. The zero-order valence-electron chi connectivity index (χ0n) is 21.4. The summed E-state index contributed by atoms with van der Waals surface area (Å²) in [7, 11) is -3.83. The Morgan fingerprint density at radius 3 is 2.24 bits per heavy atom. The van der Waals surface area contributed by atoms with E-state index in [1.807, 2.05) is 48.5 Å². The summed E-state index contributed by atoms with van der Waals surface area (Å²) in [5.74, 6) is 1.87. The summed E-state index contributed by atoms with van der Waals surface area (Å²) in [4.78, 5) is 11.2. The fourth-order valence-electron chi connectivity index (χ4n) is 4.17. The van der Waals surface area contributed by atoms with E-state index >= 15 is 0 Å². The average molecular weight is 540 g/mol. The number of aryl methyl sites for hydroxylation is 1. The van der Waals surface area contributed by atoms with Gasteiger partial charge in [0, 0.05) is 6.54 Å². The molecule has 8 nitrogen and oxygen atoms in total. The molecule has 3 aromatic rings. The lowest BCUT2D eigenvalue weighted by molar-refractivity contribution is -0.144. The van der Waals surface area contributed by atoms with Gasteiger partial charge in [-0.1, -0.05) is 31.5 Å². The number of sulfonamides is 1. The van der Waals surface area contributed by atoms with E-state index in [0.29, 0.717) is 25.4 Å². The minimum atomic E-state index is -3.83. The lowest BCUT2D eigenvalue weighted by Gasteiger charge is -2.36. The van der Waals surface area contributed by atoms with E-state index < -0.39 is 22.0 Å². The van der Waals surface area contributed by atoms with Gasteiger partial charge < -0.3 is 19.3 Å². The molecule has 0 spiro atoms. The van der Waals surface area contributed by atoms with Crippen LogP contribution in [-0.2, 0) is 21.2 Å². The SMILES string of the molecule is CCCc1cc(Oc2ccccc2)ccc1OCCCCOc1ccc(S(=O)(=O)N2CC[C@@H]2C(=O)O)cc1. The monoisotopic (exact) mass is 539 g/mol. The van der Waals surface area contributed by atoms with Crippen molar-refractivity contribution < 1.29 is 32.5 Å². The van der Waals surface area contributed by atoms with E-state index in [2.05, 4.69) is 6.92 Å². The van der Waals surface area contributed by atoms with E-state index in [0.717, 1.165) is 52.8 Å². The van der Waals surface area contributed by atoms with Crippen molar-refractivity contribution in [2.75, 3.05) is 19.8 Å². The molecule has 3 aromatic carbocycles. The van der Waals surface area contributed by atoms with E-state index in [1.165, 1.54) is 12.1 Å². The van der Waals surface area contributed by atoms with Gasteiger partial charge in [0.15, 0.2) is 0 Å². The van der Waals surface area contributed by atoms with Crippen LogP contribution < -0.4 is 14.2 Å². The fourth-order valence-corrected chi connectivity index (χ4v) is 5.79. The molecule has 0 amide bonds. The molecule has 1 saturated heterocycles. The van der Waals surface area contributed by atoms with Crippen molar-refractivity contribution in [2.45, 2.75) is 50.0 Å². The second-order valence-electron chi connectivity index (χ2n) is 9.07. The molecule has 0 aromatic heterocycles. The van der Waals surface area contributed by atoms with Crippen molar-refractivity contribution in [3.05, 3.63) is 78.4 Å². The summed E-state index contributed by atoms with van der Waals surface area (Å²) >= 11 is 0. The molecule has 4 rings (SSSR count). The number of unbranched alkanes of at least 4 members (excludes halogenated alkanes) is 1. The van der Waals surface area contributed by atoms with Crippen LogP contribution in [0.5, 0.6) is 23.0 Å². The fraction of sp³-hybridized carbons (Fsp3) is 0.345. The maximum atomic E-state index is 12.7. The number of para-hydroxylation sites is 1. The minimum absolute atomic E-state index is 0.0623. The average Bonchev–Trinajstić information content (AvgIpc) is 2.87. The Morgan fingerprint density at radius 1 is 0.921 bits per heavy atom. The number of aliphatic carboxylic acids is 1. The van der Waals surface area contributed by atoms with Crippen molar-refractivity contribution in [2.24, 2.45) is 0 Å². The first-order valence-corrected chi connectivity index (χ1v) is 14.3. The van der Waals surface area contributed by atoms with Gasteiger partial charge in [0.25, 0.3) is 0 Å². The number of benzene rings is 3. The van der Waals surface area contributed by atoms with Crippen molar-refractivity contribution in [1.82, 2.24) is 4.31 Å². The number of hydrogen-bond donors (Lipinski definition) is 1. The van der Waals surface area contributed by atoms with Crippen LogP contribution in [0.1, 0.15) is 38.2 Å². The molecule has 1 heterocycles. The van der Waals surface area contributed by atoms with Crippen LogP contribution >= 0.6 is 0 Å². The van der Waals surface area contributed by atoms with Crippen LogP contribution in [0.4, 0.5) is 0 Å². The first-order chi connectivity index (χ1) is 18.4. The molecule has 1 N–H and O–H groups in total. The van der Waals surface area contributed by atoms with Gasteiger partial charge in [-0.05, 0) is 85.8 Å². The van der Waals surface area contributed by atoms with Gasteiger partial charge >= 0.3 is 5.97 Å². The highest BCUT2D eigenvalue weighted by atomic mass is 32.2. The largest absolute Gasteiger partial charge is 0.494 e. The molecule has 1 aliphatic heterocycles. The van der Waals surface area contributed by atoms with Gasteiger partial charge in [0.2, 0.25) is 10.0 Å². The molecule has 202 valence electrons. The highest BCUT2D eigenvalue weighted by Crippen LogP contribution is 2.30. The molecule has 0 unspecified atom stereocenters. The predicted molar refractivity (Wildman–Crippen MR) is 144 cm³/mol. The van der Waals surface area contributed by atoms with Crippen LogP contribution in [0.25, 0.3) is 0 Å². The van der Waals surface area contributed by atoms with Gasteiger partial charge in [-0.15, -0.1) is 0 Å². The maximum absolute atomic E-state index is 12.7. The molecule has 1 atom stereocenters. The molecular weight excluding hydrogens is 506 g/mol. The van der Waals surface area contributed by atoms with Crippen LogP contribution in [0.2, 0.25) is 0 Å². The van der Waals surface area contributed by atoms with Gasteiger partial charge in [0.1, 0.15) is 29.0 Å². The van der Waals surface area contributed by atoms with Crippen molar-refractivity contribution in [3.8, 4) is 23.0 Å². The second kappa shape index (κ2) is 12.8. The third kappa shape index (κ3) is 6.85. The lowest BCUT2D eigenvalue weighted by Crippen LogP contribution is -2.54. The smallest absolute Gasteiger partial charge is 0.322 e. The Morgan fingerprint density at radius 2 is 1.61 bits per heavy atom. The minimum Gasteiger partial charge on any atom is -0.494 e. The van der Waals surface area contributed by atoms with Crippen molar-refractivity contribution in [3.63, 3.8) is 0 Å². The zero-order valence-corrected chi connectivity index (χ0v) is 22.2. The van der Waals surface area contributed by atoms with Crippen molar-refractivity contribution >= 4 is 16.0 Å². The Labute approximate surface area is 223 Å². The van der Waals surface area contributed by atoms with Crippen LogP contribution in [0.3, 0.4) is 0 Å². The topological polar surface area (TPSA) is 102 Å². The highest BCUT2D eigenvalue weighted by molar-refractivity contribution is 7.89. The Bertz CT molecular complexity index is 1310. The number of carbonyl (C=O) groups is 1. The Hall–Kier alpha value is -3.56. The third-order valence-electron chi connectivity index (χ3n) is 6.28. The first-order valence-electron chi connectivity index (χ1n) is 12.8. The quantitative estimate of drug-likeness (QED) is 0.269. The second-order valence-corrected chi connectivity index (χ2v) is 11.0. The number of nitrogens with zero attached hydrogens (tertiary/aromatic N) is 1. The van der Waals surface area contributed by atoms with Crippen LogP contribution in [0.15, 0.2) is 77.7 Å². The van der Waals surface area contributed by atoms with Gasteiger partial charge in [0.05, 0.1) is 18.1 Å². The number of hydrogen-bond acceptors (Lipinski definition) is 6. The summed E-state index contributed by atoms with van der Waals surface area (Å²) in [5, 5.41) is 9.14. The first kappa shape index (κ1) is 27.5. The van der Waals surface area contributed by atoms with Gasteiger partial charge in [-0.25, -0.2) is 8.42 Å². The van der Waals surface area contributed by atoms with Gasteiger partial charge in [-0.2, -0.15) is 4.31 Å². The molecule has 0 saturated carbocycles. The summed E-state index contributed by atoms with van der Waals surface area (Å²) in [5.41, 5.74) is 1.11. The molecule has 1 fully saturated rings. The molecule has 0 radical (unpaired) electrons. The highest BCUT2D eigenvalue weighted by Gasteiger charge is 2.42. The van der Waals surface area contributed by atoms with E-state index in [1.54, 1.807) is 12.1 Å². The number of carboxylic acids is 1. The Balaban J connectivity index is 1.21. The maximum Gasteiger partial charge on any atom is 0.322 e. The number of ether oxygens (including phenoxy) is 3. The number of carboxylic acid groups (broad SMARTS) is 1. The molecular formula is C29H33NO7S. The van der Waals surface area contributed by atoms with E-state index in [-0.39, 0.29) is 11.4 Å². The Kier molecular flexibility index (Phi) is 9.25. The molecule has 0 aliphatic carbocycles. The summed E-state index contributed by atoms with van der Waals surface area (Å²) in [6.45, 7) is 3.36. The summed E-state index contributed by atoms with van der Waals surface area (Å²) < 4.78 is 44.1.